The molecule has 0 saturated heterocycles. The lowest BCUT2D eigenvalue weighted by molar-refractivity contribution is 0.473. The number of benzene rings is 4. The van der Waals surface area contributed by atoms with Crippen LogP contribution in [0.5, 0.6) is 11.5 Å². The molecule has 0 heterocycles. The predicted octanol–water partition coefficient (Wildman–Crippen LogP) is 9.72. The summed E-state index contributed by atoms with van der Waals surface area (Å²) in [6.07, 6.45) is 0. The van der Waals surface area contributed by atoms with Crippen LogP contribution < -0.4 is 0 Å². The van der Waals surface area contributed by atoms with Gasteiger partial charge in [0.25, 0.3) is 0 Å². The number of aromatic hydroxyl groups is 2. The third-order valence-electron chi connectivity index (χ3n) is 5.79. The molecule has 0 radical (unpaired) electrons. The minimum atomic E-state index is -0.110. The van der Waals surface area contributed by atoms with E-state index in [1.54, 1.807) is 24.3 Å². The summed E-state index contributed by atoms with van der Waals surface area (Å²) < 4.78 is -0.0499. The summed E-state index contributed by atoms with van der Waals surface area (Å²) in [5.41, 5.74) is 5.10. The van der Waals surface area contributed by atoms with E-state index in [9.17, 15) is 10.2 Å². The van der Waals surface area contributed by atoms with Gasteiger partial charge in [-0.25, -0.2) is 0 Å². The minimum Gasteiger partial charge on any atom is -0.506 e. The Bertz CT molecular complexity index is 1390. The molecular formula is C30H20Cl4O2. The second-order valence-electron chi connectivity index (χ2n) is 8.03. The summed E-state index contributed by atoms with van der Waals surface area (Å²) in [7, 11) is 0. The molecular weight excluding hydrogens is 534 g/mol. The van der Waals surface area contributed by atoms with E-state index in [2.05, 4.69) is 13.2 Å². The first-order chi connectivity index (χ1) is 17.2. The summed E-state index contributed by atoms with van der Waals surface area (Å²) in [5.74, 6) is -0.220. The lowest BCUT2D eigenvalue weighted by Gasteiger charge is -2.17. The van der Waals surface area contributed by atoms with Crippen molar-refractivity contribution in [2.24, 2.45) is 0 Å². The first kappa shape index (κ1) is 25.9. The molecule has 2 N–H and O–H groups in total. The van der Waals surface area contributed by atoms with Crippen LogP contribution in [0.2, 0.25) is 10.0 Å². The highest BCUT2D eigenvalue weighted by Crippen LogP contribution is 2.43. The maximum atomic E-state index is 10.7. The third-order valence-corrected chi connectivity index (χ3v) is 6.74. The Labute approximate surface area is 230 Å². The molecule has 0 fully saturated rings. The van der Waals surface area contributed by atoms with Crippen molar-refractivity contribution in [3.05, 3.63) is 146 Å². The van der Waals surface area contributed by atoms with Crippen molar-refractivity contribution in [2.75, 3.05) is 0 Å². The highest BCUT2D eigenvalue weighted by atomic mass is 35.5. The first-order valence-corrected chi connectivity index (χ1v) is 12.3. The molecule has 0 aliphatic rings. The second-order valence-corrected chi connectivity index (χ2v) is 9.80. The zero-order chi connectivity index (χ0) is 26.0. The summed E-state index contributed by atoms with van der Waals surface area (Å²) in [4.78, 5) is 0. The van der Waals surface area contributed by atoms with E-state index in [-0.39, 0.29) is 26.0 Å². The smallest absolute Gasteiger partial charge is 0.142 e. The number of phenolic OH excluding ortho intramolecular Hbond substituents is 2. The molecule has 4 aromatic rings. The number of halogens is 4. The molecule has 0 spiro atoms. The van der Waals surface area contributed by atoms with E-state index in [1.165, 1.54) is 0 Å². The van der Waals surface area contributed by atoms with Crippen LogP contribution >= 0.6 is 46.4 Å². The lowest BCUT2D eigenvalue weighted by Crippen LogP contribution is -1.96. The molecule has 2 nitrogen and oxygen atoms in total. The van der Waals surface area contributed by atoms with Gasteiger partial charge >= 0.3 is 0 Å². The zero-order valence-electron chi connectivity index (χ0n) is 18.9. The van der Waals surface area contributed by atoms with Gasteiger partial charge in [-0.2, -0.15) is 0 Å². The van der Waals surface area contributed by atoms with Crippen LogP contribution in [-0.4, -0.2) is 10.2 Å². The number of phenols is 2. The molecule has 0 unspecified atom stereocenters. The lowest BCUT2D eigenvalue weighted by atomic mass is 9.90. The topological polar surface area (TPSA) is 40.5 Å². The SMILES string of the molecule is C=C(c1ccccc1)c1cc(C(=C(Cl)Cl)c2cc(Cl)c(O)c(C(=C)c3ccccc3)c2)cc(Cl)c1O. The minimum absolute atomic E-state index is 0.0499. The molecule has 0 atom stereocenters. The standard InChI is InChI=1S/C30H20Cl4O2/c1-17(19-9-5-3-6-10-19)23-13-21(15-25(31)28(23)35)27(30(33)34)22-14-24(29(36)26(32)16-22)18(2)20-11-7-4-8-12-20/h3-16,35-36H,1-2H2. The van der Waals surface area contributed by atoms with Crippen LogP contribution in [-0.2, 0) is 0 Å². The van der Waals surface area contributed by atoms with Crippen molar-refractivity contribution in [1.82, 2.24) is 0 Å². The molecule has 0 aliphatic heterocycles. The predicted molar refractivity (Wildman–Crippen MR) is 153 cm³/mol. The summed E-state index contributed by atoms with van der Waals surface area (Å²) >= 11 is 25.6. The monoisotopic (exact) mass is 552 g/mol. The Balaban J connectivity index is 1.88. The van der Waals surface area contributed by atoms with Crippen molar-refractivity contribution in [3.8, 4) is 11.5 Å². The fourth-order valence-electron chi connectivity index (χ4n) is 3.92. The van der Waals surface area contributed by atoms with Crippen LogP contribution in [0.3, 0.4) is 0 Å². The van der Waals surface area contributed by atoms with Gasteiger partial charge < -0.3 is 10.2 Å². The molecule has 0 saturated carbocycles. The van der Waals surface area contributed by atoms with Crippen molar-refractivity contribution in [2.45, 2.75) is 0 Å². The number of rotatable bonds is 6. The van der Waals surface area contributed by atoms with Crippen molar-refractivity contribution in [3.63, 3.8) is 0 Å². The van der Waals surface area contributed by atoms with E-state index in [0.29, 0.717) is 39.0 Å². The quantitative estimate of drug-likeness (QED) is 0.249. The molecule has 4 rings (SSSR count). The summed E-state index contributed by atoms with van der Waals surface area (Å²) in [6, 6.07) is 25.4. The Morgan fingerprint density at radius 3 is 1.25 bits per heavy atom. The van der Waals surface area contributed by atoms with Crippen molar-refractivity contribution < 1.29 is 10.2 Å². The van der Waals surface area contributed by atoms with Crippen molar-refractivity contribution in [1.29, 1.82) is 0 Å². The van der Waals surface area contributed by atoms with Gasteiger partial charge in [-0.1, -0.05) is 120 Å². The maximum absolute atomic E-state index is 10.7. The van der Waals surface area contributed by atoms with Gasteiger partial charge in [0.05, 0.1) is 10.0 Å². The van der Waals surface area contributed by atoms with Gasteiger partial charge in [-0.3, -0.25) is 0 Å². The van der Waals surface area contributed by atoms with E-state index in [4.69, 9.17) is 46.4 Å². The Kier molecular flexibility index (Phi) is 7.82. The second kappa shape index (κ2) is 10.9. The first-order valence-electron chi connectivity index (χ1n) is 10.8. The van der Waals surface area contributed by atoms with Crippen LogP contribution in [0.25, 0.3) is 16.7 Å². The highest BCUT2D eigenvalue weighted by Gasteiger charge is 2.20. The highest BCUT2D eigenvalue weighted by molar-refractivity contribution is 6.59. The largest absolute Gasteiger partial charge is 0.506 e. The molecule has 0 bridgehead atoms. The van der Waals surface area contributed by atoms with Gasteiger partial charge in [-0.15, -0.1) is 0 Å². The molecule has 4 aromatic carbocycles. The van der Waals surface area contributed by atoms with Gasteiger partial charge in [-0.05, 0) is 57.7 Å². The average Bonchev–Trinajstić information content (AvgIpc) is 2.88. The van der Waals surface area contributed by atoms with Gasteiger partial charge in [0.1, 0.15) is 16.0 Å². The normalized spacial score (nSPS) is 10.7. The van der Waals surface area contributed by atoms with Crippen LogP contribution in [0.4, 0.5) is 0 Å². The molecule has 0 aliphatic carbocycles. The fourth-order valence-corrected chi connectivity index (χ4v) is 4.80. The average molecular weight is 554 g/mol. The van der Waals surface area contributed by atoms with E-state index >= 15 is 0 Å². The van der Waals surface area contributed by atoms with Gasteiger partial charge in [0, 0.05) is 16.7 Å². The molecule has 0 aromatic heterocycles. The Hall–Kier alpha value is -3.14. The molecule has 0 amide bonds. The third kappa shape index (κ3) is 5.18. The van der Waals surface area contributed by atoms with E-state index in [1.807, 2.05) is 60.7 Å². The summed E-state index contributed by atoms with van der Waals surface area (Å²) in [5, 5.41) is 21.7. The zero-order valence-corrected chi connectivity index (χ0v) is 21.9. The van der Waals surface area contributed by atoms with Gasteiger partial charge in [0.2, 0.25) is 0 Å². The Morgan fingerprint density at radius 2 is 0.917 bits per heavy atom. The van der Waals surface area contributed by atoms with E-state index < -0.39 is 0 Å². The molecule has 6 heteroatoms. The molecule has 36 heavy (non-hydrogen) atoms. The fraction of sp³-hybridized carbons (Fsp3) is 0. The Morgan fingerprint density at radius 1 is 0.556 bits per heavy atom. The van der Waals surface area contributed by atoms with Gasteiger partial charge in [0.15, 0.2) is 0 Å². The van der Waals surface area contributed by atoms with E-state index in [0.717, 1.165) is 11.1 Å². The van der Waals surface area contributed by atoms with Crippen LogP contribution in [0.15, 0.2) is 103 Å². The molecule has 180 valence electrons. The van der Waals surface area contributed by atoms with Crippen LogP contribution in [0.1, 0.15) is 33.4 Å². The van der Waals surface area contributed by atoms with Crippen molar-refractivity contribution >= 4 is 63.1 Å². The maximum Gasteiger partial charge on any atom is 0.142 e. The van der Waals surface area contributed by atoms with Crippen LogP contribution in [0, 0.1) is 0 Å². The number of hydrogen-bond acceptors (Lipinski definition) is 2. The summed E-state index contributed by atoms with van der Waals surface area (Å²) in [6.45, 7) is 8.29. The number of hydrogen-bond donors (Lipinski definition) is 2.